The molecule has 1 aromatic heterocycles. The second kappa shape index (κ2) is 10.7. The van der Waals surface area contributed by atoms with Gasteiger partial charge in [0.05, 0.1) is 0 Å². The predicted octanol–water partition coefficient (Wildman–Crippen LogP) is 2.94. The molecule has 0 bridgehead atoms. The van der Waals surface area contributed by atoms with Gasteiger partial charge in [0, 0.05) is 13.0 Å². The minimum Gasteiger partial charge on any atom is -0.456 e. The van der Waals surface area contributed by atoms with E-state index in [4.69, 9.17) is 4.74 Å². The summed E-state index contributed by atoms with van der Waals surface area (Å²) in [7, 11) is 0. The highest BCUT2D eigenvalue weighted by atomic mass is 32.1. The van der Waals surface area contributed by atoms with Gasteiger partial charge in [-0.1, -0.05) is 11.6 Å². The molecular weight excluding hydrogens is 340 g/mol. The number of amides is 3. The summed E-state index contributed by atoms with van der Waals surface area (Å²) in [5.74, 6) is -1.08. The molecule has 0 radical (unpaired) electrons. The van der Waals surface area contributed by atoms with E-state index in [1.165, 1.54) is 18.4 Å². The van der Waals surface area contributed by atoms with E-state index in [9.17, 15) is 14.4 Å². The molecule has 1 aliphatic carbocycles. The molecule has 2 N–H and O–H groups in total. The van der Waals surface area contributed by atoms with E-state index < -0.39 is 24.5 Å². The third-order valence-electron chi connectivity index (χ3n) is 3.93. The number of carbonyl (C=O) groups is 3. The maximum atomic E-state index is 11.6. The minimum atomic E-state index is -0.627. The zero-order valence-electron chi connectivity index (χ0n) is 14.2. The van der Waals surface area contributed by atoms with E-state index in [1.807, 2.05) is 16.8 Å². The Morgan fingerprint density at radius 2 is 2.08 bits per heavy atom. The first-order valence-electron chi connectivity index (χ1n) is 8.56. The summed E-state index contributed by atoms with van der Waals surface area (Å²) in [6.07, 6.45) is 8.46. The summed E-state index contributed by atoms with van der Waals surface area (Å²) < 4.78 is 4.87. The monoisotopic (exact) mass is 364 g/mol. The predicted molar refractivity (Wildman–Crippen MR) is 96.3 cm³/mol. The molecule has 136 valence electrons. The highest BCUT2D eigenvalue weighted by molar-refractivity contribution is 7.07. The van der Waals surface area contributed by atoms with Crippen LogP contribution >= 0.6 is 11.3 Å². The Morgan fingerprint density at radius 1 is 1.20 bits per heavy atom. The van der Waals surface area contributed by atoms with Crippen molar-refractivity contribution in [1.82, 2.24) is 10.6 Å². The zero-order chi connectivity index (χ0) is 17.9. The van der Waals surface area contributed by atoms with Crippen LogP contribution in [0.4, 0.5) is 4.79 Å². The highest BCUT2D eigenvalue weighted by Crippen LogP contribution is 2.19. The first-order chi connectivity index (χ1) is 12.1. The number of esters is 1. The summed E-state index contributed by atoms with van der Waals surface area (Å²) in [5, 5.41) is 8.71. The molecule has 0 aliphatic heterocycles. The van der Waals surface area contributed by atoms with Crippen LogP contribution in [-0.2, 0) is 20.7 Å². The van der Waals surface area contributed by atoms with Crippen molar-refractivity contribution < 1.29 is 19.1 Å². The molecule has 0 fully saturated rings. The van der Waals surface area contributed by atoms with E-state index in [0.29, 0.717) is 13.0 Å². The van der Waals surface area contributed by atoms with Crippen LogP contribution in [0.1, 0.15) is 44.1 Å². The van der Waals surface area contributed by atoms with Gasteiger partial charge in [-0.2, -0.15) is 11.3 Å². The molecular formula is C18H24N2O4S. The molecule has 0 saturated heterocycles. The molecule has 0 spiro atoms. The number of allylic oxidation sites excluding steroid dienone is 1. The van der Waals surface area contributed by atoms with E-state index in [2.05, 4.69) is 16.7 Å². The largest absolute Gasteiger partial charge is 0.456 e. The SMILES string of the molecule is O=C(COC(=O)CCc1ccsc1)NC(=O)NCCC1=CCCCC1. The zero-order valence-corrected chi connectivity index (χ0v) is 15.0. The van der Waals surface area contributed by atoms with Gasteiger partial charge in [0.1, 0.15) is 0 Å². The number of aryl methyl sites for hydroxylation is 1. The number of carbonyl (C=O) groups excluding carboxylic acids is 3. The van der Waals surface area contributed by atoms with Gasteiger partial charge in [0.15, 0.2) is 6.61 Å². The maximum Gasteiger partial charge on any atom is 0.321 e. The Kier molecular flexibility index (Phi) is 8.18. The number of ether oxygens (including phenoxy) is 1. The standard InChI is InChI=1S/C18H24N2O4S/c21-16(12-24-17(22)7-6-15-9-11-25-13-15)20-18(23)19-10-8-14-4-2-1-3-5-14/h4,9,11,13H,1-3,5-8,10,12H2,(H2,19,20,21,23). The quantitative estimate of drug-likeness (QED) is 0.549. The van der Waals surface area contributed by atoms with Crippen molar-refractivity contribution in [2.75, 3.05) is 13.2 Å². The lowest BCUT2D eigenvalue weighted by Crippen LogP contribution is -2.41. The van der Waals surface area contributed by atoms with Crippen LogP contribution in [0, 0.1) is 0 Å². The lowest BCUT2D eigenvalue weighted by Gasteiger charge is -2.13. The third kappa shape index (κ3) is 7.98. The minimum absolute atomic E-state index is 0.214. The van der Waals surface area contributed by atoms with E-state index >= 15 is 0 Å². The molecule has 2 rings (SSSR count). The van der Waals surface area contributed by atoms with Gasteiger partial charge < -0.3 is 10.1 Å². The second-order valence-electron chi connectivity index (χ2n) is 5.95. The van der Waals surface area contributed by atoms with E-state index in [-0.39, 0.29) is 6.42 Å². The smallest absolute Gasteiger partial charge is 0.321 e. The van der Waals surface area contributed by atoms with Crippen molar-refractivity contribution in [3.63, 3.8) is 0 Å². The van der Waals surface area contributed by atoms with Crippen molar-refractivity contribution in [2.24, 2.45) is 0 Å². The first-order valence-corrected chi connectivity index (χ1v) is 9.50. The van der Waals surface area contributed by atoms with Crippen molar-refractivity contribution >= 4 is 29.2 Å². The Morgan fingerprint density at radius 3 is 2.80 bits per heavy atom. The van der Waals surface area contributed by atoms with Gasteiger partial charge in [-0.3, -0.25) is 14.9 Å². The number of nitrogens with one attached hydrogen (secondary N) is 2. The van der Waals surface area contributed by atoms with Crippen molar-refractivity contribution in [1.29, 1.82) is 0 Å². The number of imide groups is 1. The number of urea groups is 1. The molecule has 0 atom stereocenters. The van der Waals surface area contributed by atoms with Crippen LogP contribution in [0.5, 0.6) is 0 Å². The lowest BCUT2D eigenvalue weighted by molar-refractivity contribution is -0.148. The molecule has 7 heteroatoms. The summed E-state index contributed by atoms with van der Waals surface area (Å²) in [6.45, 7) is 0.0480. The Hall–Kier alpha value is -2.15. The van der Waals surface area contributed by atoms with E-state index in [0.717, 1.165) is 24.8 Å². The second-order valence-corrected chi connectivity index (χ2v) is 6.73. The Labute approximate surface area is 151 Å². The number of hydrogen-bond acceptors (Lipinski definition) is 5. The number of hydrogen-bond donors (Lipinski definition) is 2. The van der Waals surface area contributed by atoms with Gasteiger partial charge in [-0.05, 0) is 60.9 Å². The average Bonchev–Trinajstić information content (AvgIpc) is 3.12. The highest BCUT2D eigenvalue weighted by Gasteiger charge is 2.11. The summed E-state index contributed by atoms with van der Waals surface area (Å²) in [4.78, 5) is 34.8. The normalized spacial score (nSPS) is 13.7. The molecule has 25 heavy (non-hydrogen) atoms. The van der Waals surface area contributed by atoms with Crippen molar-refractivity contribution in [3.05, 3.63) is 34.0 Å². The van der Waals surface area contributed by atoms with Gasteiger partial charge in [0.2, 0.25) is 0 Å². The van der Waals surface area contributed by atoms with Gasteiger partial charge in [0.25, 0.3) is 5.91 Å². The van der Waals surface area contributed by atoms with Crippen LogP contribution in [0.3, 0.4) is 0 Å². The molecule has 1 aromatic rings. The molecule has 1 aliphatic rings. The van der Waals surface area contributed by atoms with Crippen LogP contribution in [0.2, 0.25) is 0 Å². The molecule has 1 heterocycles. The summed E-state index contributed by atoms with van der Waals surface area (Å²) >= 11 is 1.57. The fourth-order valence-electron chi connectivity index (χ4n) is 2.57. The molecule has 0 saturated carbocycles. The summed E-state index contributed by atoms with van der Waals surface area (Å²) in [6, 6.07) is 1.38. The first kappa shape index (κ1) is 19.2. The van der Waals surface area contributed by atoms with Crippen molar-refractivity contribution in [3.8, 4) is 0 Å². The maximum absolute atomic E-state index is 11.6. The third-order valence-corrected chi connectivity index (χ3v) is 4.66. The molecule has 3 amide bonds. The van der Waals surface area contributed by atoms with Gasteiger partial charge in [-0.25, -0.2) is 4.79 Å². The number of rotatable bonds is 8. The van der Waals surface area contributed by atoms with Crippen LogP contribution in [0.25, 0.3) is 0 Å². The molecule has 0 aromatic carbocycles. The van der Waals surface area contributed by atoms with E-state index in [1.54, 1.807) is 11.3 Å². The average molecular weight is 364 g/mol. The number of thiophene rings is 1. The fourth-order valence-corrected chi connectivity index (χ4v) is 3.28. The Bertz CT molecular complexity index is 611. The van der Waals surface area contributed by atoms with Gasteiger partial charge >= 0.3 is 12.0 Å². The van der Waals surface area contributed by atoms with Gasteiger partial charge in [-0.15, -0.1) is 0 Å². The molecule has 0 unspecified atom stereocenters. The van der Waals surface area contributed by atoms with Crippen LogP contribution in [0.15, 0.2) is 28.5 Å². The fraction of sp³-hybridized carbons (Fsp3) is 0.500. The Balaban J connectivity index is 1.53. The van der Waals surface area contributed by atoms with Crippen LogP contribution in [-0.4, -0.2) is 31.1 Å². The van der Waals surface area contributed by atoms with Crippen molar-refractivity contribution in [2.45, 2.75) is 44.9 Å². The van der Waals surface area contributed by atoms with Crippen LogP contribution < -0.4 is 10.6 Å². The molecule has 6 nitrogen and oxygen atoms in total. The topological polar surface area (TPSA) is 84.5 Å². The lowest BCUT2D eigenvalue weighted by atomic mass is 9.97. The summed E-state index contributed by atoms with van der Waals surface area (Å²) in [5.41, 5.74) is 2.43.